The van der Waals surface area contributed by atoms with Crippen LogP contribution in [0.4, 0.5) is 0 Å². The molecule has 1 N–H and O–H groups in total. The first-order chi connectivity index (χ1) is 11.4. The first-order valence-corrected chi connectivity index (χ1v) is 7.76. The third kappa shape index (κ3) is 4.24. The number of hydrogen-bond acceptors (Lipinski definition) is 5. The average molecular weight is 334 g/mol. The summed E-state index contributed by atoms with van der Waals surface area (Å²) in [5.74, 6) is -0.356. The quantitative estimate of drug-likeness (QED) is 0.837. The average Bonchev–Trinajstić information content (AvgIpc) is 2.76. The van der Waals surface area contributed by atoms with Gasteiger partial charge in [-0.15, -0.1) is 0 Å². The largest absolute Gasteiger partial charge is 0.497 e. The van der Waals surface area contributed by atoms with E-state index in [0.29, 0.717) is 37.1 Å². The molecule has 7 nitrogen and oxygen atoms in total. The number of amides is 2. The van der Waals surface area contributed by atoms with E-state index in [9.17, 15) is 14.4 Å². The van der Waals surface area contributed by atoms with Gasteiger partial charge in [-0.05, 0) is 31.0 Å². The molecule has 0 saturated carbocycles. The number of benzene rings is 1. The minimum Gasteiger partial charge on any atom is -0.497 e. The van der Waals surface area contributed by atoms with Gasteiger partial charge in [0.2, 0.25) is 5.91 Å². The third-order valence-electron chi connectivity index (χ3n) is 4.11. The Morgan fingerprint density at radius 2 is 1.88 bits per heavy atom. The maximum Gasteiger partial charge on any atom is 0.338 e. The second-order valence-corrected chi connectivity index (χ2v) is 5.75. The van der Waals surface area contributed by atoms with E-state index in [4.69, 9.17) is 9.47 Å². The molecule has 1 aromatic rings. The fourth-order valence-electron chi connectivity index (χ4n) is 2.60. The number of likely N-dealkylation sites (tertiary alicyclic amines) is 1. The van der Waals surface area contributed by atoms with E-state index in [1.54, 1.807) is 18.0 Å². The van der Waals surface area contributed by atoms with Gasteiger partial charge in [-0.1, -0.05) is 0 Å². The number of nitrogens with zero attached hydrogens (tertiary/aromatic N) is 1. The van der Waals surface area contributed by atoms with E-state index in [1.807, 2.05) is 0 Å². The molecule has 7 heteroatoms. The summed E-state index contributed by atoms with van der Waals surface area (Å²) in [6.07, 6.45) is 1.71. The zero-order valence-corrected chi connectivity index (χ0v) is 14.1. The number of carbonyl (C=O) groups excluding carboxylic acids is 3. The lowest BCUT2D eigenvalue weighted by molar-refractivity contribution is -0.129. The van der Waals surface area contributed by atoms with Crippen LogP contribution in [0.15, 0.2) is 18.2 Å². The molecule has 0 radical (unpaired) electrons. The molecular formula is C17H22N2O5. The normalized spacial score (nSPS) is 17.9. The molecule has 0 bridgehead atoms. The van der Waals surface area contributed by atoms with Gasteiger partial charge in [0, 0.05) is 31.6 Å². The Morgan fingerprint density at radius 1 is 1.17 bits per heavy atom. The Balaban J connectivity index is 2.14. The van der Waals surface area contributed by atoms with Gasteiger partial charge in [0.1, 0.15) is 5.75 Å². The van der Waals surface area contributed by atoms with Crippen molar-refractivity contribution in [3.8, 4) is 5.75 Å². The number of esters is 1. The number of rotatable bonds is 4. The van der Waals surface area contributed by atoms with Crippen molar-refractivity contribution in [1.82, 2.24) is 10.2 Å². The van der Waals surface area contributed by atoms with Crippen molar-refractivity contribution in [3.05, 3.63) is 29.3 Å². The fraction of sp³-hybridized carbons (Fsp3) is 0.471. The van der Waals surface area contributed by atoms with Crippen molar-refractivity contribution in [3.63, 3.8) is 0 Å². The molecule has 1 unspecified atom stereocenters. The molecular weight excluding hydrogens is 312 g/mol. The van der Waals surface area contributed by atoms with Crippen molar-refractivity contribution in [2.45, 2.75) is 25.3 Å². The van der Waals surface area contributed by atoms with Crippen LogP contribution in [0, 0.1) is 0 Å². The van der Waals surface area contributed by atoms with Gasteiger partial charge in [0.15, 0.2) is 0 Å². The second-order valence-electron chi connectivity index (χ2n) is 5.75. The zero-order chi connectivity index (χ0) is 17.7. The fourth-order valence-corrected chi connectivity index (χ4v) is 2.60. The van der Waals surface area contributed by atoms with Crippen LogP contribution >= 0.6 is 0 Å². The van der Waals surface area contributed by atoms with Crippen molar-refractivity contribution in [2.24, 2.45) is 0 Å². The Kier molecular flexibility index (Phi) is 5.78. The molecule has 1 saturated heterocycles. The highest BCUT2D eigenvalue weighted by Crippen LogP contribution is 2.19. The topological polar surface area (TPSA) is 84.9 Å². The van der Waals surface area contributed by atoms with Crippen LogP contribution in [0.5, 0.6) is 5.75 Å². The molecule has 1 heterocycles. The zero-order valence-electron chi connectivity index (χ0n) is 14.1. The Morgan fingerprint density at radius 3 is 2.54 bits per heavy atom. The van der Waals surface area contributed by atoms with E-state index in [1.165, 1.54) is 26.4 Å². The summed E-state index contributed by atoms with van der Waals surface area (Å²) in [5.41, 5.74) is 0.566. The van der Waals surface area contributed by atoms with Crippen LogP contribution in [0.3, 0.4) is 0 Å². The van der Waals surface area contributed by atoms with Gasteiger partial charge in [-0.2, -0.15) is 0 Å². The lowest BCUT2D eigenvalue weighted by Crippen LogP contribution is -2.35. The standard InChI is InChI=1S/C17H22N2O5/c1-19-7-6-13(4-5-15(19)20)18-16(21)11-8-12(17(22)24-3)10-14(9-11)23-2/h8-10,13H,4-7H2,1-3H3,(H,18,21). The second kappa shape index (κ2) is 7.81. The molecule has 1 fully saturated rings. The molecule has 1 atom stereocenters. The van der Waals surface area contributed by atoms with Crippen LogP contribution in [0.25, 0.3) is 0 Å². The summed E-state index contributed by atoms with van der Waals surface area (Å²) in [4.78, 5) is 37.6. The Labute approximate surface area is 140 Å². The summed E-state index contributed by atoms with van der Waals surface area (Å²) in [6.45, 7) is 0.606. The summed E-state index contributed by atoms with van der Waals surface area (Å²) in [5, 5.41) is 2.93. The minimum absolute atomic E-state index is 0.0841. The van der Waals surface area contributed by atoms with Crippen LogP contribution in [0.2, 0.25) is 0 Å². The summed E-state index contributed by atoms with van der Waals surface area (Å²) in [7, 11) is 4.50. The summed E-state index contributed by atoms with van der Waals surface area (Å²) in [6, 6.07) is 4.47. The van der Waals surface area contributed by atoms with Gasteiger partial charge >= 0.3 is 5.97 Å². The van der Waals surface area contributed by atoms with Crippen LogP contribution in [-0.2, 0) is 9.53 Å². The predicted octanol–water partition coefficient (Wildman–Crippen LogP) is 1.22. The van der Waals surface area contributed by atoms with Crippen LogP contribution < -0.4 is 10.1 Å². The van der Waals surface area contributed by atoms with E-state index < -0.39 is 5.97 Å². The van der Waals surface area contributed by atoms with Crippen LogP contribution in [-0.4, -0.2) is 56.5 Å². The van der Waals surface area contributed by atoms with Gasteiger partial charge in [-0.3, -0.25) is 9.59 Å². The van der Waals surface area contributed by atoms with Gasteiger partial charge in [0.05, 0.1) is 19.8 Å². The lowest BCUT2D eigenvalue weighted by atomic mass is 10.1. The van der Waals surface area contributed by atoms with Gasteiger partial charge in [-0.25, -0.2) is 4.79 Å². The van der Waals surface area contributed by atoms with E-state index in [2.05, 4.69) is 5.32 Å². The monoisotopic (exact) mass is 334 g/mol. The molecule has 130 valence electrons. The predicted molar refractivity (Wildman–Crippen MR) is 87.1 cm³/mol. The van der Waals surface area contributed by atoms with Crippen molar-refractivity contribution >= 4 is 17.8 Å². The van der Waals surface area contributed by atoms with Crippen molar-refractivity contribution in [1.29, 1.82) is 0 Å². The molecule has 0 spiro atoms. The SMILES string of the molecule is COC(=O)c1cc(OC)cc(C(=O)NC2CCC(=O)N(C)CC2)c1. The number of hydrogen-bond donors (Lipinski definition) is 1. The maximum absolute atomic E-state index is 12.5. The molecule has 1 aliphatic heterocycles. The number of ether oxygens (including phenoxy) is 2. The third-order valence-corrected chi connectivity index (χ3v) is 4.11. The van der Waals surface area contributed by atoms with Crippen LogP contribution in [0.1, 0.15) is 40.0 Å². The first-order valence-electron chi connectivity index (χ1n) is 7.76. The van der Waals surface area contributed by atoms with Gasteiger partial charge < -0.3 is 19.7 Å². The van der Waals surface area contributed by atoms with E-state index in [-0.39, 0.29) is 23.4 Å². The molecule has 1 aliphatic rings. The summed E-state index contributed by atoms with van der Waals surface area (Å²) < 4.78 is 9.83. The minimum atomic E-state index is -0.537. The molecule has 0 aromatic heterocycles. The van der Waals surface area contributed by atoms with E-state index >= 15 is 0 Å². The molecule has 2 amide bonds. The lowest BCUT2D eigenvalue weighted by Gasteiger charge is -2.17. The maximum atomic E-state index is 12.5. The molecule has 0 aliphatic carbocycles. The highest BCUT2D eigenvalue weighted by atomic mass is 16.5. The summed E-state index contributed by atoms with van der Waals surface area (Å²) >= 11 is 0. The number of carbonyl (C=O) groups is 3. The molecule has 1 aromatic carbocycles. The molecule has 2 rings (SSSR count). The van der Waals surface area contributed by atoms with E-state index in [0.717, 1.165) is 0 Å². The first kappa shape index (κ1) is 17.8. The number of nitrogens with one attached hydrogen (secondary N) is 1. The van der Waals surface area contributed by atoms with Crippen molar-refractivity contribution in [2.75, 3.05) is 27.8 Å². The smallest absolute Gasteiger partial charge is 0.338 e. The van der Waals surface area contributed by atoms with Gasteiger partial charge in [0.25, 0.3) is 5.91 Å². The highest BCUT2D eigenvalue weighted by Gasteiger charge is 2.22. The number of methoxy groups -OCH3 is 2. The Hall–Kier alpha value is -2.57. The molecule has 24 heavy (non-hydrogen) atoms. The van der Waals surface area contributed by atoms with Crippen molar-refractivity contribution < 1.29 is 23.9 Å². The highest BCUT2D eigenvalue weighted by molar-refractivity contribution is 5.98. The Bertz CT molecular complexity index is 644.